The summed E-state index contributed by atoms with van der Waals surface area (Å²) in [5, 5.41) is 21.3. The predicted octanol–water partition coefficient (Wildman–Crippen LogP) is 3.65. The van der Waals surface area contributed by atoms with Crippen molar-refractivity contribution in [3.63, 3.8) is 0 Å². The van der Waals surface area contributed by atoms with Crippen molar-refractivity contribution >= 4 is 0 Å². The van der Waals surface area contributed by atoms with Gasteiger partial charge < -0.3 is 5.11 Å². The van der Waals surface area contributed by atoms with Gasteiger partial charge in [-0.05, 0) is 49.4 Å². The molecule has 3 rings (SSSR count). The lowest BCUT2D eigenvalue weighted by Gasteiger charge is -2.56. The smallest absolute Gasteiger partial charge is 0.0896 e. The first-order valence-electron chi connectivity index (χ1n) is 7.59. The minimum Gasteiger partial charge on any atom is -0.388 e. The summed E-state index contributed by atoms with van der Waals surface area (Å²) in [5.41, 5.74) is -1.31. The molecule has 1 N–H and O–H groups in total. The fraction of sp³-hybridized carbons (Fsp3) is 0.938. The van der Waals surface area contributed by atoms with Crippen molar-refractivity contribution in [3.05, 3.63) is 0 Å². The van der Waals surface area contributed by atoms with Crippen molar-refractivity contribution in [1.82, 2.24) is 0 Å². The zero-order chi connectivity index (χ0) is 13.0. The van der Waals surface area contributed by atoms with E-state index in [0.29, 0.717) is 11.8 Å². The van der Waals surface area contributed by atoms with Crippen LogP contribution in [-0.4, -0.2) is 10.7 Å². The minimum atomic E-state index is -0.757. The molecule has 3 saturated carbocycles. The number of hydrogen-bond acceptors (Lipinski definition) is 2. The van der Waals surface area contributed by atoms with Crippen molar-refractivity contribution in [2.45, 2.75) is 70.8 Å². The Morgan fingerprint density at radius 1 is 1.17 bits per heavy atom. The average molecular weight is 247 g/mol. The Balaban J connectivity index is 2.03. The summed E-state index contributed by atoms with van der Waals surface area (Å²) in [4.78, 5) is 0. The van der Waals surface area contributed by atoms with Crippen LogP contribution in [0.1, 0.15) is 65.2 Å². The zero-order valence-electron chi connectivity index (χ0n) is 11.7. The number of rotatable bonds is 1. The molecule has 3 aliphatic carbocycles. The first-order valence-corrected chi connectivity index (χ1v) is 7.59. The Morgan fingerprint density at radius 2 is 1.89 bits per heavy atom. The molecule has 0 aromatic carbocycles. The highest BCUT2D eigenvalue weighted by atomic mass is 16.3. The summed E-state index contributed by atoms with van der Waals surface area (Å²) >= 11 is 0. The van der Waals surface area contributed by atoms with Crippen LogP contribution in [0.25, 0.3) is 0 Å². The van der Waals surface area contributed by atoms with Gasteiger partial charge in [0, 0.05) is 0 Å². The first kappa shape index (κ1) is 12.5. The maximum atomic E-state index is 11.4. The summed E-state index contributed by atoms with van der Waals surface area (Å²) in [6.07, 6.45) is 8.76. The van der Waals surface area contributed by atoms with Crippen LogP contribution in [0.2, 0.25) is 0 Å². The van der Waals surface area contributed by atoms with Crippen LogP contribution >= 0.6 is 0 Å². The summed E-state index contributed by atoms with van der Waals surface area (Å²) in [5.74, 6) is 1.16. The van der Waals surface area contributed by atoms with Gasteiger partial charge in [0.2, 0.25) is 0 Å². The van der Waals surface area contributed by atoms with E-state index in [1.807, 2.05) is 0 Å². The van der Waals surface area contributed by atoms with Crippen LogP contribution in [0.15, 0.2) is 0 Å². The summed E-state index contributed by atoms with van der Waals surface area (Å²) in [7, 11) is 0. The third kappa shape index (κ3) is 1.32. The molecule has 0 spiro atoms. The van der Waals surface area contributed by atoms with Gasteiger partial charge in [-0.1, -0.05) is 33.1 Å². The molecule has 4 unspecified atom stereocenters. The van der Waals surface area contributed by atoms with Crippen LogP contribution in [0.4, 0.5) is 0 Å². The zero-order valence-corrected chi connectivity index (χ0v) is 11.7. The maximum absolute atomic E-state index is 11.4. The molecule has 0 aliphatic heterocycles. The van der Waals surface area contributed by atoms with Gasteiger partial charge in [-0.2, -0.15) is 5.26 Å². The molecule has 100 valence electrons. The lowest BCUT2D eigenvalue weighted by Crippen LogP contribution is -2.60. The monoisotopic (exact) mass is 247 g/mol. The Hall–Kier alpha value is -0.550. The van der Waals surface area contributed by atoms with Crippen LogP contribution in [-0.2, 0) is 0 Å². The molecule has 3 fully saturated rings. The number of hydrogen-bond donors (Lipinski definition) is 1. The molecule has 0 aromatic heterocycles. The second-order valence-corrected chi connectivity index (χ2v) is 7.61. The molecule has 2 nitrogen and oxygen atoms in total. The Kier molecular flexibility index (Phi) is 2.59. The highest BCUT2D eigenvalue weighted by molar-refractivity contribution is 5.23. The lowest BCUT2D eigenvalue weighted by atomic mass is 9.50. The Labute approximate surface area is 110 Å². The molecule has 0 saturated heterocycles. The number of aliphatic hydroxyl groups is 1. The lowest BCUT2D eigenvalue weighted by molar-refractivity contribution is -0.180. The molecule has 0 amide bonds. The van der Waals surface area contributed by atoms with Gasteiger partial charge in [0.15, 0.2) is 0 Å². The number of nitriles is 1. The van der Waals surface area contributed by atoms with Crippen molar-refractivity contribution in [2.24, 2.45) is 22.7 Å². The molecule has 0 radical (unpaired) electrons. The quantitative estimate of drug-likeness (QED) is 0.768. The second kappa shape index (κ2) is 3.73. The van der Waals surface area contributed by atoms with E-state index in [4.69, 9.17) is 0 Å². The fourth-order valence-corrected chi connectivity index (χ4v) is 5.39. The van der Waals surface area contributed by atoms with Crippen molar-refractivity contribution in [2.75, 3.05) is 0 Å². The van der Waals surface area contributed by atoms with Gasteiger partial charge in [-0.15, -0.1) is 0 Å². The molecule has 4 atom stereocenters. The highest BCUT2D eigenvalue weighted by Crippen LogP contribution is 2.66. The van der Waals surface area contributed by atoms with E-state index >= 15 is 0 Å². The van der Waals surface area contributed by atoms with Crippen molar-refractivity contribution < 1.29 is 5.11 Å². The van der Waals surface area contributed by atoms with Gasteiger partial charge >= 0.3 is 0 Å². The second-order valence-electron chi connectivity index (χ2n) is 7.61. The van der Waals surface area contributed by atoms with Crippen LogP contribution in [0.3, 0.4) is 0 Å². The normalized spacial score (nSPS) is 50.1. The van der Waals surface area contributed by atoms with Gasteiger partial charge in [-0.3, -0.25) is 0 Å². The van der Waals surface area contributed by atoms with Crippen LogP contribution in [0, 0.1) is 34.0 Å². The topological polar surface area (TPSA) is 44.0 Å². The van der Waals surface area contributed by atoms with Crippen LogP contribution < -0.4 is 0 Å². The largest absolute Gasteiger partial charge is 0.388 e. The van der Waals surface area contributed by atoms with E-state index in [2.05, 4.69) is 19.9 Å². The van der Waals surface area contributed by atoms with E-state index in [-0.39, 0.29) is 5.41 Å². The fourth-order valence-electron chi connectivity index (χ4n) is 5.39. The van der Waals surface area contributed by atoms with Gasteiger partial charge in [0.05, 0.1) is 17.1 Å². The molecule has 2 bridgehead atoms. The summed E-state index contributed by atoms with van der Waals surface area (Å²) in [6.45, 7) is 4.36. The average Bonchev–Trinajstić information content (AvgIpc) is 2.93. The summed E-state index contributed by atoms with van der Waals surface area (Å²) in [6, 6.07) is 2.62. The van der Waals surface area contributed by atoms with E-state index < -0.39 is 11.0 Å². The molecule has 3 aliphatic rings. The van der Waals surface area contributed by atoms with Gasteiger partial charge in [0.25, 0.3) is 0 Å². The van der Waals surface area contributed by atoms with Gasteiger partial charge in [-0.25, -0.2) is 0 Å². The standard InChI is InChI=1S/C16H25NO/c1-14(2)7-3-4-8-16(14,18)15(11-17)10-12-5-6-13(15)9-12/h12-13,18H,3-10H2,1-2H3. The van der Waals surface area contributed by atoms with E-state index in [1.54, 1.807) is 0 Å². The Bertz CT molecular complexity index is 396. The molecular formula is C16H25NO. The minimum absolute atomic E-state index is 0.106. The number of nitrogens with zero attached hydrogens (tertiary/aromatic N) is 1. The van der Waals surface area contributed by atoms with E-state index in [0.717, 1.165) is 32.1 Å². The van der Waals surface area contributed by atoms with Gasteiger partial charge in [0.1, 0.15) is 0 Å². The van der Waals surface area contributed by atoms with Crippen LogP contribution in [0.5, 0.6) is 0 Å². The first-order chi connectivity index (χ1) is 8.45. The van der Waals surface area contributed by atoms with Crippen molar-refractivity contribution in [1.29, 1.82) is 5.26 Å². The van der Waals surface area contributed by atoms with Crippen molar-refractivity contribution in [3.8, 4) is 6.07 Å². The predicted molar refractivity (Wildman–Crippen MR) is 70.7 cm³/mol. The Morgan fingerprint density at radius 3 is 2.39 bits per heavy atom. The molecule has 0 heterocycles. The third-order valence-corrected chi connectivity index (χ3v) is 6.50. The third-order valence-electron chi connectivity index (χ3n) is 6.50. The number of fused-ring (bicyclic) bond motifs is 2. The maximum Gasteiger partial charge on any atom is 0.0896 e. The molecule has 2 heteroatoms. The summed E-state index contributed by atoms with van der Waals surface area (Å²) < 4.78 is 0. The molecule has 0 aromatic rings. The van der Waals surface area contributed by atoms with E-state index in [9.17, 15) is 10.4 Å². The molecular weight excluding hydrogens is 222 g/mol. The molecule has 18 heavy (non-hydrogen) atoms. The SMILES string of the molecule is CC1(C)CCCCC1(O)C1(C#N)CC2CCC1C2. The van der Waals surface area contributed by atoms with E-state index in [1.165, 1.54) is 19.3 Å². The highest BCUT2D eigenvalue weighted by Gasteiger charge is 2.66.